The summed E-state index contributed by atoms with van der Waals surface area (Å²) in [4.78, 5) is 4.35. The molecule has 5 heteroatoms. The van der Waals surface area contributed by atoms with Crippen LogP contribution in [-0.4, -0.2) is 32.8 Å². The minimum Gasteiger partial charge on any atom is -0.491 e. The second kappa shape index (κ2) is 10.3. The largest absolute Gasteiger partial charge is 0.491 e. The van der Waals surface area contributed by atoms with Gasteiger partial charge in [-0.15, -0.1) is 0 Å². The second-order valence-corrected chi connectivity index (χ2v) is 5.35. The fourth-order valence-corrected chi connectivity index (χ4v) is 2.15. The molecule has 0 saturated carbocycles. The number of aliphatic imine (C=N–C) groups is 1. The highest BCUT2D eigenvalue weighted by Crippen LogP contribution is 2.12. The Morgan fingerprint density at radius 3 is 2.46 bits per heavy atom. The van der Waals surface area contributed by atoms with Crippen LogP contribution >= 0.6 is 0 Å². The van der Waals surface area contributed by atoms with Gasteiger partial charge in [0, 0.05) is 13.7 Å². The standard InChI is InChI=1S/C19H25N3O2/c1-23-13-14-24-18-9-7-17(8-10-18)15-22-19(20)21-12-11-16-5-3-2-4-6-16/h2-10H,11-15H2,1H3,(H3,20,21,22). The van der Waals surface area contributed by atoms with E-state index in [0.717, 1.165) is 24.3 Å². The predicted octanol–water partition coefficient (Wildman–Crippen LogP) is 2.36. The second-order valence-electron chi connectivity index (χ2n) is 5.35. The Bertz CT molecular complexity index is 612. The molecule has 0 amide bonds. The smallest absolute Gasteiger partial charge is 0.188 e. The number of ether oxygens (including phenoxy) is 2. The van der Waals surface area contributed by atoms with Crippen LogP contribution < -0.4 is 15.8 Å². The lowest BCUT2D eigenvalue weighted by Gasteiger charge is -2.07. The summed E-state index contributed by atoms with van der Waals surface area (Å²) >= 11 is 0. The van der Waals surface area contributed by atoms with Gasteiger partial charge in [-0.25, -0.2) is 4.99 Å². The quantitative estimate of drug-likeness (QED) is 0.421. The molecule has 0 fully saturated rings. The van der Waals surface area contributed by atoms with E-state index in [9.17, 15) is 0 Å². The molecule has 0 aliphatic carbocycles. The third-order valence-corrected chi connectivity index (χ3v) is 3.47. The van der Waals surface area contributed by atoms with Crippen LogP contribution in [0.4, 0.5) is 0 Å². The Hall–Kier alpha value is -2.53. The molecule has 128 valence electrons. The Kier molecular flexibility index (Phi) is 7.63. The van der Waals surface area contributed by atoms with Gasteiger partial charge < -0.3 is 20.5 Å². The van der Waals surface area contributed by atoms with Crippen molar-refractivity contribution in [1.29, 1.82) is 0 Å². The molecule has 0 spiro atoms. The lowest BCUT2D eigenvalue weighted by atomic mass is 10.1. The number of benzene rings is 2. The summed E-state index contributed by atoms with van der Waals surface area (Å²) in [6.07, 6.45) is 0.921. The number of rotatable bonds is 9. The molecule has 0 aliphatic rings. The normalized spacial score (nSPS) is 11.3. The first-order valence-corrected chi connectivity index (χ1v) is 8.06. The molecule has 24 heavy (non-hydrogen) atoms. The fraction of sp³-hybridized carbons (Fsp3) is 0.316. The zero-order valence-corrected chi connectivity index (χ0v) is 14.1. The summed E-state index contributed by atoms with van der Waals surface area (Å²) in [7, 11) is 1.66. The molecule has 0 heterocycles. The average molecular weight is 327 g/mol. The molecule has 2 aromatic rings. The summed E-state index contributed by atoms with van der Waals surface area (Å²) in [5.74, 6) is 1.29. The molecule has 5 nitrogen and oxygen atoms in total. The zero-order valence-electron chi connectivity index (χ0n) is 14.1. The molecule has 0 radical (unpaired) electrons. The van der Waals surface area contributed by atoms with E-state index in [1.54, 1.807) is 7.11 Å². The van der Waals surface area contributed by atoms with E-state index < -0.39 is 0 Å². The van der Waals surface area contributed by atoms with Gasteiger partial charge in [0.1, 0.15) is 12.4 Å². The summed E-state index contributed by atoms with van der Waals surface area (Å²) in [5, 5.41) is 3.14. The van der Waals surface area contributed by atoms with E-state index in [-0.39, 0.29) is 0 Å². The van der Waals surface area contributed by atoms with Gasteiger partial charge in [0.25, 0.3) is 0 Å². The first kappa shape index (κ1) is 17.8. The van der Waals surface area contributed by atoms with Crippen LogP contribution in [0.5, 0.6) is 5.75 Å². The van der Waals surface area contributed by atoms with Crippen LogP contribution in [0.25, 0.3) is 0 Å². The summed E-state index contributed by atoms with van der Waals surface area (Å²) in [6, 6.07) is 18.1. The van der Waals surface area contributed by atoms with E-state index in [1.165, 1.54) is 5.56 Å². The fourth-order valence-electron chi connectivity index (χ4n) is 2.15. The van der Waals surface area contributed by atoms with Crippen molar-refractivity contribution in [2.24, 2.45) is 10.7 Å². The van der Waals surface area contributed by atoms with Crippen LogP contribution in [-0.2, 0) is 17.7 Å². The Balaban J connectivity index is 1.71. The minimum atomic E-state index is 0.464. The van der Waals surface area contributed by atoms with Crippen molar-refractivity contribution in [3.05, 3.63) is 65.7 Å². The molecule has 2 rings (SSSR count). The number of methoxy groups -OCH3 is 1. The SMILES string of the molecule is COCCOc1ccc(CN=C(N)NCCc2ccccc2)cc1. The highest BCUT2D eigenvalue weighted by Gasteiger charge is 1.97. The molecule has 0 unspecified atom stereocenters. The van der Waals surface area contributed by atoms with Crippen LogP contribution in [0.2, 0.25) is 0 Å². The number of guanidine groups is 1. The van der Waals surface area contributed by atoms with Crippen molar-refractivity contribution in [1.82, 2.24) is 5.32 Å². The molecule has 3 N–H and O–H groups in total. The number of hydrogen-bond acceptors (Lipinski definition) is 3. The minimum absolute atomic E-state index is 0.464. The Morgan fingerprint density at radius 1 is 1.00 bits per heavy atom. The zero-order chi connectivity index (χ0) is 17.0. The van der Waals surface area contributed by atoms with Crippen molar-refractivity contribution >= 4 is 5.96 Å². The van der Waals surface area contributed by atoms with Gasteiger partial charge in [-0.3, -0.25) is 0 Å². The van der Waals surface area contributed by atoms with Crippen molar-refractivity contribution in [2.75, 3.05) is 26.9 Å². The number of nitrogens with two attached hydrogens (primary N) is 1. The van der Waals surface area contributed by atoms with Gasteiger partial charge in [-0.2, -0.15) is 0 Å². The van der Waals surface area contributed by atoms with Crippen LogP contribution in [0.3, 0.4) is 0 Å². The average Bonchev–Trinajstić information content (AvgIpc) is 2.62. The van der Waals surface area contributed by atoms with Crippen molar-refractivity contribution in [3.63, 3.8) is 0 Å². The molecule has 0 bridgehead atoms. The van der Waals surface area contributed by atoms with Crippen LogP contribution in [0.1, 0.15) is 11.1 Å². The molecule has 0 aliphatic heterocycles. The van der Waals surface area contributed by atoms with Gasteiger partial charge >= 0.3 is 0 Å². The highest BCUT2D eigenvalue weighted by molar-refractivity contribution is 5.77. The van der Waals surface area contributed by atoms with Crippen molar-refractivity contribution in [2.45, 2.75) is 13.0 Å². The predicted molar refractivity (Wildman–Crippen MR) is 97.3 cm³/mol. The van der Waals surface area contributed by atoms with Gasteiger partial charge in [-0.1, -0.05) is 42.5 Å². The van der Waals surface area contributed by atoms with E-state index in [1.807, 2.05) is 42.5 Å². The molecular formula is C19H25N3O2. The van der Waals surface area contributed by atoms with E-state index >= 15 is 0 Å². The monoisotopic (exact) mass is 327 g/mol. The lowest BCUT2D eigenvalue weighted by molar-refractivity contribution is 0.146. The molecule has 2 aromatic carbocycles. The Morgan fingerprint density at radius 2 is 1.75 bits per heavy atom. The summed E-state index contributed by atoms with van der Waals surface area (Å²) in [5.41, 5.74) is 8.26. The first-order chi connectivity index (χ1) is 11.8. The van der Waals surface area contributed by atoms with Crippen molar-refractivity contribution < 1.29 is 9.47 Å². The molecule has 0 saturated heterocycles. The van der Waals surface area contributed by atoms with E-state index in [4.69, 9.17) is 15.2 Å². The van der Waals surface area contributed by atoms with E-state index in [2.05, 4.69) is 22.4 Å². The van der Waals surface area contributed by atoms with E-state index in [0.29, 0.717) is 25.7 Å². The maximum atomic E-state index is 5.90. The maximum Gasteiger partial charge on any atom is 0.188 e. The molecular weight excluding hydrogens is 302 g/mol. The highest BCUT2D eigenvalue weighted by atomic mass is 16.5. The van der Waals surface area contributed by atoms with Gasteiger partial charge in [0.05, 0.1) is 13.2 Å². The molecule has 0 aromatic heterocycles. The number of hydrogen-bond donors (Lipinski definition) is 2. The summed E-state index contributed by atoms with van der Waals surface area (Å²) in [6.45, 7) is 2.44. The Labute approximate surface area is 143 Å². The van der Waals surface area contributed by atoms with Gasteiger partial charge in [-0.05, 0) is 29.7 Å². The van der Waals surface area contributed by atoms with Crippen LogP contribution in [0.15, 0.2) is 59.6 Å². The van der Waals surface area contributed by atoms with Gasteiger partial charge in [0.15, 0.2) is 5.96 Å². The lowest BCUT2D eigenvalue weighted by Crippen LogP contribution is -2.33. The van der Waals surface area contributed by atoms with Crippen molar-refractivity contribution in [3.8, 4) is 5.75 Å². The first-order valence-electron chi connectivity index (χ1n) is 8.06. The summed E-state index contributed by atoms with van der Waals surface area (Å²) < 4.78 is 10.5. The van der Waals surface area contributed by atoms with Gasteiger partial charge in [0.2, 0.25) is 0 Å². The third kappa shape index (κ3) is 6.71. The number of nitrogens with one attached hydrogen (secondary N) is 1. The topological polar surface area (TPSA) is 68.9 Å². The molecule has 0 atom stereocenters. The maximum absolute atomic E-state index is 5.90. The number of nitrogens with zero attached hydrogens (tertiary/aromatic N) is 1. The third-order valence-electron chi connectivity index (χ3n) is 3.47. The van der Waals surface area contributed by atoms with Crippen LogP contribution in [0, 0.1) is 0 Å².